The van der Waals surface area contributed by atoms with Gasteiger partial charge in [-0.05, 0) is 45.1 Å². The van der Waals surface area contributed by atoms with Gasteiger partial charge in [-0.1, -0.05) is 66.7 Å². The first-order valence-electron chi connectivity index (χ1n) is 9.56. The van der Waals surface area contributed by atoms with Crippen molar-refractivity contribution in [1.29, 1.82) is 0 Å². The minimum absolute atomic E-state index is 0.160. The number of hydrazone groups is 1. The van der Waals surface area contributed by atoms with E-state index >= 15 is 0 Å². The Morgan fingerprint density at radius 2 is 1.45 bits per heavy atom. The van der Waals surface area contributed by atoms with Gasteiger partial charge in [0.25, 0.3) is 5.91 Å². The second-order valence-electron chi connectivity index (χ2n) is 7.03. The molecule has 5 rings (SSSR count). The Hall–Kier alpha value is -3.92. The van der Waals surface area contributed by atoms with Crippen LogP contribution in [0.2, 0.25) is 0 Å². The van der Waals surface area contributed by atoms with Crippen LogP contribution in [0, 0.1) is 0 Å². The molecule has 4 nitrogen and oxygen atoms in total. The Balaban J connectivity index is 1.42. The molecule has 1 heterocycles. The molecule has 0 aliphatic heterocycles. The predicted octanol–water partition coefficient (Wildman–Crippen LogP) is 5.10. The van der Waals surface area contributed by atoms with Gasteiger partial charge in [0.2, 0.25) is 0 Å². The van der Waals surface area contributed by atoms with Crippen molar-refractivity contribution in [3.63, 3.8) is 0 Å². The molecule has 1 N–H and O–H groups in total. The van der Waals surface area contributed by atoms with Crippen LogP contribution in [0.5, 0.6) is 0 Å². The summed E-state index contributed by atoms with van der Waals surface area (Å²) in [5, 5.41) is 9.91. The molecule has 0 spiro atoms. The molecular formula is C25H19N3O. The number of rotatable bonds is 4. The molecule has 0 aliphatic rings. The fourth-order valence-electron chi connectivity index (χ4n) is 3.83. The number of carbonyl (C=O) groups is 1. The zero-order valence-corrected chi connectivity index (χ0v) is 15.7. The molecule has 1 amide bonds. The molecule has 0 atom stereocenters. The molecule has 0 aliphatic carbocycles. The highest BCUT2D eigenvalue weighted by atomic mass is 16.2. The van der Waals surface area contributed by atoms with E-state index in [0.29, 0.717) is 0 Å². The molecule has 4 aromatic carbocycles. The van der Waals surface area contributed by atoms with Crippen LogP contribution in [0.15, 0.2) is 96.2 Å². The van der Waals surface area contributed by atoms with Crippen LogP contribution in [0.1, 0.15) is 5.56 Å². The summed E-state index contributed by atoms with van der Waals surface area (Å²) in [5.74, 6) is -0.160. The van der Waals surface area contributed by atoms with Crippen molar-refractivity contribution in [2.45, 2.75) is 6.54 Å². The molecule has 29 heavy (non-hydrogen) atoms. The molecule has 5 aromatic rings. The summed E-state index contributed by atoms with van der Waals surface area (Å²) in [7, 11) is 0. The smallest absolute Gasteiger partial charge is 0.259 e. The number of nitrogens with one attached hydrogen (secondary N) is 1. The van der Waals surface area contributed by atoms with Crippen LogP contribution in [-0.2, 0) is 11.3 Å². The standard InChI is InChI=1S/C25H19N3O/c29-25(17-28-14-13-18-7-3-6-12-24(18)28)27-26-16-23-21-10-4-1-8-19(21)15-20-9-2-5-11-22(20)23/h1-16H,17H2,(H,27,29)/b26-16+. The van der Waals surface area contributed by atoms with E-state index in [1.54, 1.807) is 6.21 Å². The van der Waals surface area contributed by atoms with Gasteiger partial charge in [0.1, 0.15) is 6.54 Å². The Kier molecular flexibility index (Phi) is 4.30. The summed E-state index contributed by atoms with van der Waals surface area (Å²) in [5.41, 5.74) is 4.71. The summed E-state index contributed by atoms with van der Waals surface area (Å²) in [4.78, 5) is 12.4. The predicted molar refractivity (Wildman–Crippen MR) is 119 cm³/mol. The third-order valence-electron chi connectivity index (χ3n) is 5.19. The summed E-state index contributed by atoms with van der Waals surface area (Å²) in [6.07, 6.45) is 3.67. The van der Waals surface area contributed by atoms with Crippen molar-refractivity contribution in [3.8, 4) is 0 Å². The lowest BCUT2D eigenvalue weighted by atomic mass is 9.97. The Bertz CT molecular complexity index is 1330. The van der Waals surface area contributed by atoms with E-state index in [0.717, 1.165) is 38.0 Å². The number of hydrogen-bond donors (Lipinski definition) is 1. The molecule has 0 bridgehead atoms. The van der Waals surface area contributed by atoms with Crippen LogP contribution in [0.25, 0.3) is 32.4 Å². The van der Waals surface area contributed by atoms with Gasteiger partial charge in [-0.15, -0.1) is 0 Å². The third-order valence-corrected chi connectivity index (χ3v) is 5.19. The van der Waals surface area contributed by atoms with Gasteiger partial charge in [0.05, 0.1) is 6.21 Å². The number of fused-ring (bicyclic) bond motifs is 3. The third kappa shape index (κ3) is 3.25. The van der Waals surface area contributed by atoms with Gasteiger partial charge in [-0.3, -0.25) is 4.79 Å². The summed E-state index contributed by atoms with van der Waals surface area (Å²) in [6, 6.07) is 28.6. The molecule has 0 unspecified atom stereocenters. The molecule has 4 heteroatoms. The lowest BCUT2D eigenvalue weighted by Crippen LogP contribution is -2.22. The van der Waals surface area contributed by atoms with Gasteiger partial charge in [-0.2, -0.15) is 5.10 Å². The number of hydrogen-bond acceptors (Lipinski definition) is 2. The molecule has 0 saturated carbocycles. The van der Waals surface area contributed by atoms with Crippen LogP contribution in [-0.4, -0.2) is 16.7 Å². The van der Waals surface area contributed by atoms with Gasteiger partial charge in [0.15, 0.2) is 0 Å². The lowest BCUT2D eigenvalue weighted by Gasteiger charge is -2.08. The zero-order chi connectivity index (χ0) is 19.6. The van der Waals surface area contributed by atoms with Gasteiger partial charge < -0.3 is 4.57 Å². The molecule has 1 aromatic heterocycles. The second kappa shape index (κ2) is 7.24. The van der Waals surface area contributed by atoms with Crippen LogP contribution in [0.4, 0.5) is 0 Å². The van der Waals surface area contributed by atoms with Crippen molar-refractivity contribution in [2.24, 2.45) is 5.10 Å². The highest BCUT2D eigenvalue weighted by Gasteiger charge is 2.07. The number of aromatic nitrogens is 1. The zero-order valence-electron chi connectivity index (χ0n) is 15.7. The number of carbonyl (C=O) groups excluding carboxylic acids is 1. The minimum atomic E-state index is -0.160. The number of benzene rings is 4. The SMILES string of the molecule is O=C(Cn1ccc2ccccc21)N/N=C/c1c2ccccc2cc2ccccc12. The Morgan fingerprint density at radius 3 is 2.17 bits per heavy atom. The Morgan fingerprint density at radius 1 is 0.828 bits per heavy atom. The normalized spacial score (nSPS) is 11.6. The summed E-state index contributed by atoms with van der Waals surface area (Å²) in [6.45, 7) is 0.223. The maximum absolute atomic E-state index is 12.4. The van der Waals surface area contributed by atoms with Crippen molar-refractivity contribution in [2.75, 3.05) is 0 Å². The van der Waals surface area contributed by atoms with Gasteiger partial charge in [-0.25, -0.2) is 5.43 Å². The Labute approximate surface area is 168 Å². The number of para-hydroxylation sites is 1. The first-order valence-corrected chi connectivity index (χ1v) is 9.56. The van der Waals surface area contributed by atoms with E-state index in [4.69, 9.17) is 0 Å². The maximum atomic E-state index is 12.4. The molecule has 140 valence electrons. The molecule has 0 fully saturated rings. The number of amides is 1. The van der Waals surface area contributed by atoms with Crippen molar-refractivity contribution in [3.05, 3.63) is 96.7 Å². The quantitative estimate of drug-likeness (QED) is 0.264. The fraction of sp³-hybridized carbons (Fsp3) is 0.0400. The van der Waals surface area contributed by atoms with E-state index in [1.165, 1.54) is 0 Å². The van der Waals surface area contributed by atoms with E-state index < -0.39 is 0 Å². The lowest BCUT2D eigenvalue weighted by molar-refractivity contribution is -0.121. The van der Waals surface area contributed by atoms with E-state index in [2.05, 4.69) is 40.9 Å². The second-order valence-corrected chi connectivity index (χ2v) is 7.03. The average molecular weight is 377 g/mol. The van der Waals surface area contributed by atoms with Crippen molar-refractivity contribution in [1.82, 2.24) is 9.99 Å². The van der Waals surface area contributed by atoms with E-state index in [9.17, 15) is 4.79 Å². The van der Waals surface area contributed by atoms with Crippen LogP contribution < -0.4 is 5.43 Å². The van der Waals surface area contributed by atoms with Crippen molar-refractivity contribution < 1.29 is 4.79 Å². The first-order chi connectivity index (χ1) is 14.3. The maximum Gasteiger partial charge on any atom is 0.259 e. The van der Waals surface area contributed by atoms with Crippen LogP contribution in [0.3, 0.4) is 0 Å². The van der Waals surface area contributed by atoms with Gasteiger partial charge in [0, 0.05) is 17.3 Å². The average Bonchev–Trinajstić information content (AvgIpc) is 3.16. The summed E-state index contributed by atoms with van der Waals surface area (Å²) >= 11 is 0. The van der Waals surface area contributed by atoms with Crippen molar-refractivity contribution >= 4 is 44.6 Å². The molecular weight excluding hydrogens is 358 g/mol. The highest BCUT2D eigenvalue weighted by molar-refractivity contribution is 6.13. The van der Waals surface area contributed by atoms with E-state index in [-0.39, 0.29) is 12.5 Å². The number of nitrogens with zero attached hydrogens (tertiary/aromatic N) is 2. The largest absolute Gasteiger partial charge is 0.338 e. The molecule has 0 radical (unpaired) electrons. The first kappa shape index (κ1) is 17.2. The monoisotopic (exact) mass is 377 g/mol. The highest BCUT2D eigenvalue weighted by Crippen LogP contribution is 2.27. The fourth-order valence-corrected chi connectivity index (χ4v) is 3.83. The topological polar surface area (TPSA) is 46.4 Å². The van der Waals surface area contributed by atoms with Crippen LogP contribution >= 0.6 is 0 Å². The van der Waals surface area contributed by atoms with Gasteiger partial charge >= 0.3 is 0 Å². The minimum Gasteiger partial charge on any atom is -0.338 e. The van der Waals surface area contributed by atoms with E-state index in [1.807, 2.05) is 65.4 Å². The summed E-state index contributed by atoms with van der Waals surface area (Å²) < 4.78 is 1.92. The molecule has 0 saturated heterocycles.